The van der Waals surface area contributed by atoms with Crippen LogP contribution in [-0.2, 0) is 16.1 Å². The van der Waals surface area contributed by atoms with Gasteiger partial charge in [-0.3, -0.25) is 14.7 Å². The summed E-state index contributed by atoms with van der Waals surface area (Å²) in [4.78, 5) is 17.4. The fraction of sp³-hybridized carbons (Fsp3) is 0.571. The van der Waals surface area contributed by atoms with Crippen molar-refractivity contribution in [2.45, 2.75) is 26.0 Å². The van der Waals surface area contributed by atoms with Crippen LogP contribution in [0.4, 0.5) is 0 Å². The molecule has 1 N–H and O–H groups in total. The molecule has 1 aliphatic heterocycles. The molecule has 0 aromatic carbocycles. The van der Waals surface area contributed by atoms with Crippen molar-refractivity contribution in [2.24, 2.45) is 0 Å². The van der Waals surface area contributed by atoms with Crippen LogP contribution >= 0.6 is 0 Å². The topological polar surface area (TPSA) is 71.9 Å². The van der Waals surface area contributed by atoms with E-state index in [0.29, 0.717) is 19.7 Å². The maximum absolute atomic E-state index is 10.7. The molecular formula is C14H20N2O4. The lowest BCUT2D eigenvalue weighted by Crippen LogP contribution is -2.42. The van der Waals surface area contributed by atoms with Gasteiger partial charge in [-0.05, 0) is 6.92 Å². The highest BCUT2D eigenvalue weighted by Crippen LogP contribution is 2.16. The number of hydrogen-bond acceptors (Lipinski definition) is 5. The van der Waals surface area contributed by atoms with E-state index >= 15 is 0 Å². The average molecular weight is 280 g/mol. The highest BCUT2D eigenvalue weighted by atomic mass is 16.5. The summed E-state index contributed by atoms with van der Waals surface area (Å²) in [7, 11) is 1.64. The van der Waals surface area contributed by atoms with Gasteiger partial charge in [0.25, 0.3) is 0 Å². The van der Waals surface area contributed by atoms with Crippen molar-refractivity contribution >= 4 is 5.97 Å². The molecule has 0 aliphatic carbocycles. The lowest BCUT2D eigenvalue weighted by molar-refractivity contribution is -0.142. The fourth-order valence-corrected chi connectivity index (χ4v) is 2.37. The highest BCUT2D eigenvalue weighted by molar-refractivity contribution is 5.67. The monoisotopic (exact) mass is 280 g/mol. The third-order valence-electron chi connectivity index (χ3n) is 3.23. The van der Waals surface area contributed by atoms with Crippen LogP contribution in [0.3, 0.4) is 0 Å². The number of morpholine rings is 1. The Morgan fingerprint density at radius 2 is 2.40 bits per heavy atom. The molecule has 1 atom stereocenters. The molecule has 110 valence electrons. The molecular weight excluding hydrogens is 260 g/mol. The molecule has 0 amide bonds. The van der Waals surface area contributed by atoms with Gasteiger partial charge in [-0.15, -0.1) is 0 Å². The van der Waals surface area contributed by atoms with Gasteiger partial charge in [0.1, 0.15) is 5.75 Å². The summed E-state index contributed by atoms with van der Waals surface area (Å²) >= 11 is 0. The lowest BCUT2D eigenvalue weighted by atomic mass is 10.2. The standard InChI is InChI=1S/C14H20N2O4/c1-10-5-12(19-2)6-11(15-10)8-16-3-4-20-13(9-16)7-14(17)18/h5-6,13H,3-4,7-9H2,1-2H3,(H,17,18). The second-order valence-corrected chi connectivity index (χ2v) is 4.97. The maximum Gasteiger partial charge on any atom is 0.306 e. The molecule has 1 aromatic heterocycles. The highest BCUT2D eigenvalue weighted by Gasteiger charge is 2.23. The first-order chi connectivity index (χ1) is 9.56. The number of methoxy groups -OCH3 is 1. The Kier molecular flexibility index (Phi) is 4.92. The first kappa shape index (κ1) is 14.7. The zero-order chi connectivity index (χ0) is 14.5. The molecule has 1 unspecified atom stereocenters. The van der Waals surface area contributed by atoms with E-state index in [1.54, 1.807) is 7.11 Å². The van der Waals surface area contributed by atoms with Crippen LogP contribution in [-0.4, -0.2) is 53.9 Å². The van der Waals surface area contributed by atoms with Crippen molar-refractivity contribution in [3.8, 4) is 5.75 Å². The number of carbonyl (C=O) groups is 1. The molecule has 0 bridgehead atoms. The summed E-state index contributed by atoms with van der Waals surface area (Å²) in [6, 6.07) is 3.80. The van der Waals surface area contributed by atoms with Crippen LogP contribution in [0.15, 0.2) is 12.1 Å². The Bertz CT molecular complexity index is 478. The number of carboxylic acid groups (broad SMARTS) is 1. The molecule has 0 saturated carbocycles. The zero-order valence-corrected chi connectivity index (χ0v) is 11.8. The molecule has 1 aromatic rings. The van der Waals surface area contributed by atoms with E-state index < -0.39 is 5.97 Å². The molecule has 0 radical (unpaired) electrons. The summed E-state index contributed by atoms with van der Waals surface area (Å²) in [5.74, 6) is -0.0324. The predicted molar refractivity (Wildman–Crippen MR) is 72.8 cm³/mol. The molecule has 20 heavy (non-hydrogen) atoms. The Balaban J connectivity index is 1.98. The number of aryl methyl sites for hydroxylation is 1. The quantitative estimate of drug-likeness (QED) is 0.870. The molecule has 0 spiro atoms. The Morgan fingerprint density at radius 3 is 3.10 bits per heavy atom. The normalized spacial score (nSPS) is 19.8. The number of rotatable bonds is 5. The minimum Gasteiger partial charge on any atom is -0.497 e. The first-order valence-electron chi connectivity index (χ1n) is 6.64. The zero-order valence-electron chi connectivity index (χ0n) is 11.8. The summed E-state index contributed by atoms with van der Waals surface area (Å²) in [5.41, 5.74) is 1.84. The number of nitrogens with zero attached hydrogens (tertiary/aromatic N) is 2. The van der Waals surface area contributed by atoms with E-state index in [-0.39, 0.29) is 12.5 Å². The molecule has 1 saturated heterocycles. The van der Waals surface area contributed by atoms with Gasteiger partial charge in [0.15, 0.2) is 0 Å². The Morgan fingerprint density at radius 1 is 1.60 bits per heavy atom. The first-order valence-corrected chi connectivity index (χ1v) is 6.64. The van der Waals surface area contributed by atoms with E-state index in [9.17, 15) is 4.79 Å². The minimum absolute atomic E-state index is 0.0427. The average Bonchev–Trinajstić information content (AvgIpc) is 2.37. The number of aliphatic carboxylic acids is 1. The summed E-state index contributed by atoms with van der Waals surface area (Å²) in [6.07, 6.45) is -0.200. The van der Waals surface area contributed by atoms with Crippen LogP contribution < -0.4 is 4.74 Å². The number of hydrogen-bond donors (Lipinski definition) is 1. The van der Waals surface area contributed by atoms with Gasteiger partial charge in [-0.1, -0.05) is 0 Å². The van der Waals surface area contributed by atoms with Crippen LogP contribution in [0.1, 0.15) is 17.8 Å². The van der Waals surface area contributed by atoms with Gasteiger partial charge in [-0.25, -0.2) is 0 Å². The summed E-state index contributed by atoms with van der Waals surface area (Å²) in [5, 5.41) is 8.82. The Hall–Kier alpha value is -1.66. The van der Waals surface area contributed by atoms with Gasteiger partial charge in [-0.2, -0.15) is 0 Å². The number of aromatic nitrogens is 1. The van der Waals surface area contributed by atoms with Crippen LogP contribution in [0.25, 0.3) is 0 Å². The second-order valence-electron chi connectivity index (χ2n) is 4.97. The van der Waals surface area contributed by atoms with Crippen molar-refractivity contribution in [3.05, 3.63) is 23.5 Å². The predicted octanol–water partition coefficient (Wildman–Crippen LogP) is 1.07. The molecule has 6 nitrogen and oxygen atoms in total. The van der Waals surface area contributed by atoms with E-state index in [1.807, 2.05) is 19.1 Å². The van der Waals surface area contributed by atoms with Crippen molar-refractivity contribution in [2.75, 3.05) is 26.8 Å². The molecule has 2 heterocycles. The van der Waals surface area contributed by atoms with Crippen molar-refractivity contribution in [1.29, 1.82) is 0 Å². The smallest absolute Gasteiger partial charge is 0.306 e. The second kappa shape index (κ2) is 6.67. The number of ether oxygens (including phenoxy) is 2. The summed E-state index contributed by atoms with van der Waals surface area (Å²) < 4.78 is 10.7. The maximum atomic E-state index is 10.7. The van der Waals surface area contributed by atoms with Gasteiger partial charge in [0, 0.05) is 37.5 Å². The summed E-state index contributed by atoms with van der Waals surface area (Å²) in [6.45, 7) is 4.56. The Labute approximate surface area is 118 Å². The van der Waals surface area contributed by atoms with Gasteiger partial charge >= 0.3 is 5.97 Å². The van der Waals surface area contributed by atoms with E-state index in [2.05, 4.69) is 9.88 Å². The largest absolute Gasteiger partial charge is 0.497 e. The van der Waals surface area contributed by atoms with Crippen LogP contribution in [0.5, 0.6) is 5.75 Å². The van der Waals surface area contributed by atoms with E-state index in [0.717, 1.165) is 23.7 Å². The molecule has 1 aliphatic rings. The SMILES string of the molecule is COc1cc(C)nc(CN2CCOC(CC(=O)O)C2)c1. The van der Waals surface area contributed by atoms with Crippen LogP contribution in [0, 0.1) is 6.92 Å². The molecule has 2 rings (SSSR count). The van der Waals surface area contributed by atoms with E-state index in [4.69, 9.17) is 14.6 Å². The van der Waals surface area contributed by atoms with Gasteiger partial charge in [0.2, 0.25) is 0 Å². The van der Waals surface area contributed by atoms with Gasteiger partial charge in [0.05, 0.1) is 31.9 Å². The van der Waals surface area contributed by atoms with Crippen molar-refractivity contribution < 1.29 is 19.4 Å². The lowest BCUT2D eigenvalue weighted by Gasteiger charge is -2.32. The van der Waals surface area contributed by atoms with Crippen LogP contribution in [0.2, 0.25) is 0 Å². The molecule has 1 fully saturated rings. The minimum atomic E-state index is -0.827. The third kappa shape index (κ3) is 4.18. The molecule has 6 heteroatoms. The van der Waals surface area contributed by atoms with Crippen molar-refractivity contribution in [3.63, 3.8) is 0 Å². The van der Waals surface area contributed by atoms with E-state index in [1.165, 1.54) is 0 Å². The number of carboxylic acids is 1. The fourth-order valence-electron chi connectivity index (χ4n) is 2.37. The number of pyridine rings is 1. The van der Waals surface area contributed by atoms with Crippen molar-refractivity contribution in [1.82, 2.24) is 9.88 Å². The van der Waals surface area contributed by atoms with Gasteiger partial charge < -0.3 is 14.6 Å². The third-order valence-corrected chi connectivity index (χ3v) is 3.23.